The average Bonchev–Trinajstić information content (AvgIpc) is 2.17. The highest BCUT2D eigenvalue weighted by Crippen LogP contribution is 2.33. The van der Waals surface area contributed by atoms with Gasteiger partial charge in [0.15, 0.2) is 11.5 Å². The van der Waals surface area contributed by atoms with Gasteiger partial charge in [0.05, 0.1) is 6.61 Å². The van der Waals surface area contributed by atoms with E-state index in [-0.39, 0.29) is 6.61 Å². The summed E-state index contributed by atoms with van der Waals surface area (Å²) >= 11 is 0. The van der Waals surface area contributed by atoms with Crippen LogP contribution in [-0.2, 0) is 6.61 Å². The summed E-state index contributed by atoms with van der Waals surface area (Å²) < 4.78 is 10.5. The molecule has 0 atom stereocenters. The topological polar surface area (TPSA) is 38.7 Å². The van der Waals surface area contributed by atoms with Gasteiger partial charge in [0.2, 0.25) is 0 Å². The minimum absolute atomic E-state index is 0.0314. The maximum atomic E-state index is 8.54. The van der Waals surface area contributed by atoms with Crippen molar-refractivity contribution in [1.82, 2.24) is 0 Å². The molecule has 2 bridgehead atoms. The molecule has 3 rings (SSSR count). The second-order valence-electron chi connectivity index (χ2n) is 2.64. The molecule has 1 aromatic carbocycles. The van der Waals surface area contributed by atoms with E-state index in [1.807, 2.05) is 18.2 Å². The fraction of sp³-hybridized carbons (Fsp3) is 0.333. The normalized spacial score (nSPS) is 12.8. The Balaban J connectivity index is 2.17. The van der Waals surface area contributed by atoms with Crippen LogP contribution in [0.15, 0.2) is 18.2 Å². The monoisotopic (exact) mass is 166 g/mol. The third-order valence-corrected chi connectivity index (χ3v) is 1.75. The van der Waals surface area contributed by atoms with Gasteiger partial charge in [0.1, 0.15) is 13.2 Å². The predicted molar refractivity (Wildman–Crippen MR) is 43.4 cm³/mol. The van der Waals surface area contributed by atoms with E-state index in [1.54, 1.807) is 0 Å². The number of fused-ring (bicyclic) bond motifs is 3. The van der Waals surface area contributed by atoms with E-state index >= 15 is 0 Å². The van der Waals surface area contributed by atoms with Crippen molar-refractivity contribution >= 4 is 0 Å². The van der Waals surface area contributed by atoms with Gasteiger partial charge in [-0.15, -0.1) is 0 Å². The first-order valence-electron chi connectivity index (χ1n) is 3.89. The molecule has 0 fully saturated rings. The van der Waals surface area contributed by atoms with Gasteiger partial charge in [-0.05, 0) is 17.7 Å². The van der Waals surface area contributed by atoms with Crippen LogP contribution in [0, 0.1) is 0 Å². The minimum atomic E-state index is 0.0314. The molecule has 3 heteroatoms. The number of hydrogen-bond acceptors (Lipinski definition) is 3. The maximum Gasteiger partial charge on any atom is 0.161 e. The summed E-state index contributed by atoms with van der Waals surface area (Å²) in [6.45, 7) is 0.987. The molecule has 0 aliphatic carbocycles. The first-order chi connectivity index (χ1) is 5.90. The van der Waals surface area contributed by atoms with E-state index in [0.717, 1.165) is 17.1 Å². The molecule has 0 radical (unpaired) electrons. The lowest BCUT2D eigenvalue weighted by molar-refractivity contribution is 0.188. The third kappa shape index (κ3) is 1.23. The first-order valence-corrected chi connectivity index (χ1v) is 3.89. The van der Waals surface area contributed by atoms with Gasteiger partial charge in [0.25, 0.3) is 0 Å². The van der Waals surface area contributed by atoms with Gasteiger partial charge >= 0.3 is 0 Å². The average molecular weight is 166 g/mol. The van der Waals surface area contributed by atoms with E-state index in [0.29, 0.717) is 13.2 Å². The van der Waals surface area contributed by atoms with Crippen LogP contribution in [-0.4, -0.2) is 18.3 Å². The van der Waals surface area contributed by atoms with E-state index < -0.39 is 0 Å². The summed E-state index contributed by atoms with van der Waals surface area (Å²) in [5.74, 6) is 1.49. The van der Waals surface area contributed by atoms with Gasteiger partial charge in [-0.3, -0.25) is 0 Å². The molecule has 12 heavy (non-hydrogen) atoms. The van der Waals surface area contributed by atoms with E-state index in [4.69, 9.17) is 14.6 Å². The highest BCUT2D eigenvalue weighted by atomic mass is 16.5. The second-order valence-corrected chi connectivity index (χ2v) is 2.64. The Bertz CT molecular complexity index is 283. The molecule has 3 nitrogen and oxygen atoms in total. The number of benzene rings is 1. The van der Waals surface area contributed by atoms with Crippen molar-refractivity contribution in [2.45, 2.75) is 6.61 Å². The van der Waals surface area contributed by atoms with Crippen LogP contribution >= 0.6 is 0 Å². The van der Waals surface area contributed by atoms with Crippen molar-refractivity contribution in [2.75, 3.05) is 13.2 Å². The predicted octanol–water partition coefficient (Wildman–Crippen LogP) is 0.950. The number of rotatable bonds is 3. The molecule has 0 amide bonds. The highest BCUT2D eigenvalue weighted by Gasteiger charge is 2.12. The van der Waals surface area contributed by atoms with Crippen molar-refractivity contribution in [1.29, 1.82) is 0 Å². The number of aliphatic hydroxyl groups is 1. The van der Waals surface area contributed by atoms with Crippen molar-refractivity contribution in [2.24, 2.45) is 0 Å². The number of hydrogen-bond donors (Lipinski definition) is 1. The summed E-state index contributed by atoms with van der Waals surface area (Å²) in [5, 5.41) is 8.54. The van der Waals surface area contributed by atoms with Crippen LogP contribution in [0.5, 0.6) is 11.5 Å². The molecule has 2 heterocycles. The summed E-state index contributed by atoms with van der Waals surface area (Å²) in [7, 11) is 0. The Hall–Kier alpha value is -1.22. The Morgan fingerprint density at radius 3 is 2.92 bits per heavy atom. The Kier molecular flexibility index (Phi) is 1.87. The van der Waals surface area contributed by atoms with Crippen molar-refractivity contribution < 1.29 is 14.6 Å². The molecule has 64 valence electrons. The molecule has 1 N–H and O–H groups in total. The summed E-state index contributed by atoms with van der Waals surface area (Å²) in [4.78, 5) is 0. The Morgan fingerprint density at radius 2 is 2.42 bits per heavy atom. The molecule has 2 aliphatic heterocycles. The molecule has 0 spiro atoms. The Morgan fingerprint density at radius 1 is 1.50 bits per heavy atom. The van der Waals surface area contributed by atoms with Gasteiger partial charge in [-0.2, -0.15) is 0 Å². The zero-order chi connectivity index (χ0) is 8.39. The van der Waals surface area contributed by atoms with Crippen LogP contribution in [0.25, 0.3) is 0 Å². The van der Waals surface area contributed by atoms with E-state index in [9.17, 15) is 0 Å². The fourth-order valence-corrected chi connectivity index (χ4v) is 1.19. The van der Waals surface area contributed by atoms with Crippen LogP contribution in [0.4, 0.5) is 0 Å². The zero-order valence-corrected chi connectivity index (χ0v) is 6.62. The van der Waals surface area contributed by atoms with Gasteiger partial charge in [-0.25, -0.2) is 0 Å². The van der Waals surface area contributed by atoms with Crippen LogP contribution in [0.1, 0.15) is 5.56 Å². The third-order valence-electron chi connectivity index (χ3n) is 1.75. The molecular formula is C9H10O3. The molecule has 0 aromatic heterocycles. The summed E-state index contributed by atoms with van der Waals surface area (Å²) in [6.07, 6.45) is 0. The molecule has 2 aliphatic rings. The molecular weight excluding hydrogens is 156 g/mol. The zero-order valence-electron chi connectivity index (χ0n) is 6.62. The van der Waals surface area contributed by atoms with Gasteiger partial charge in [0, 0.05) is 0 Å². The lowest BCUT2D eigenvalue weighted by Crippen LogP contribution is -2.08. The smallest absolute Gasteiger partial charge is 0.161 e. The van der Waals surface area contributed by atoms with E-state index in [1.165, 1.54) is 0 Å². The molecule has 0 saturated heterocycles. The summed E-state index contributed by atoms with van der Waals surface area (Å²) in [5.41, 5.74) is 1.11. The molecule has 0 unspecified atom stereocenters. The second kappa shape index (κ2) is 3.03. The lowest BCUT2D eigenvalue weighted by Gasteiger charge is -2.18. The van der Waals surface area contributed by atoms with E-state index in [2.05, 4.69) is 0 Å². The lowest BCUT2D eigenvalue weighted by atomic mass is 10.1. The van der Waals surface area contributed by atoms with Crippen LogP contribution in [0.2, 0.25) is 0 Å². The summed E-state index contributed by atoms with van der Waals surface area (Å²) in [6, 6.07) is 5.82. The highest BCUT2D eigenvalue weighted by molar-refractivity contribution is 5.45. The number of ether oxygens (including phenoxy) is 2. The van der Waals surface area contributed by atoms with Crippen LogP contribution < -0.4 is 9.47 Å². The van der Waals surface area contributed by atoms with Crippen molar-refractivity contribution in [3.8, 4) is 11.5 Å². The van der Waals surface area contributed by atoms with Gasteiger partial charge in [-0.1, -0.05) is 6.07 Å². The SMILES string of the molecule is OCCOc1cc2ccc1OC2. The molecule has 1 aromatic rings. The fourth-order valence-electron chi connectivity index (χ4n) is 1.19. The molecule has 0 saturated carbocycles. The van der Waals surface area contributed by atoms with Crippen molar-refractivity contribution in [3.05, 3.63) is 23.8 Å². The van der Waals surface area contributed by atoms with Crippen molar-refractivity contribution in [3.63, 3.8) is 0 Å². The quantitative estimate of drug-likeness (QED) is 0.726. The first kappa shape index (κ1) is 7.43. The maximum absolute atomic E-state index is 8.54. The number of aliphatic hydroxyl groups excluding tert-OH is 1. The largest absolute Gasteiger partial charge is 0.487 e. The van der Waals surface area contributed by atoms with Gasteiger partial charge < -0.3 is 14.6 Å². The minimum Gasteiger partial charge on any atom is -0.487 e. The Labute approximate surface area is 70.5 Å². The van der Waals surface area contributed by atoms with Crippen LogP contribution in [0.3, 0.4) is 0 Å². The standard InChI is InChI=1S/C9H10O3/c10-3-4-11-9-5-7-1-2-8(9)12-6-7/h1-2,5,10H,3-4,6H2.